The van der Waals surface area contributed by atoms with Crippen molar-refractivity contribution in [2.45, 2.75) is 0 Å². The van der Waals surface area contributed by atoms with E-state index in [-0.39, 0.29) is 0 Å². The lowest BCUT2D eigenvalue weighted by Gasteiger charge is -2.32. The van der Waals surface area contributed by atoms with Crippen molar-refractivity contribution < 1.29 is 4.74 Å². The molecule has 4 nitrogen and oxygen atoms in total. The van der Waals surface area contributed by atoms with Crippen molar-refractivity contribution in [1.29, 1.82) is 0 Å². The number of hydrogen-bond acceptors (Lipinski definition) is 2. The van der Waals surface area contributed by atoms with Crippen molar-refractivity contribution in [2.24, 2.45) is 0 Å². The van der Waals surface area contributed by atoms with Gasteiger partial charge in [0.2, 0.25) is 0 Å². The largest absolute Gasteiger partial charge is 0.453 e. The van der Waals surface area contributed by atoms with Gasteiger partial charge in [-0.15, -0.1) is 0 Å². The molecule has 1 aliphatic heterocycles. The maximum absolute atomic E-state index is 6.23. The first-order valence-electron chi connectivity index (χ1n) is 14.2. The summed E-state index contributed by atoms with van der Waals surface area (Å²) in [6, 6.07) is 51.3. The Bertz CT molecular complexity index is 2230. The molecule has 0 unspecified atom stereocenters. The highest BCUT2D eigenvalue weighted by atomic mass is 16.5. The van der Waals surface area contributed by atoms with Crippen LogP contribution >= 0.6 is 0 Å². The molecule has 6 aromatic carbocycles. The van der Waals surface area contributed by atoms with Gasteiger partial charge in [-0.25, -0.2) is 0 Å². The van der Waals surface area contributed by atoms with Gasteiger partial charge in [-0.05, 0) is 78.9 Å². The monoisotopic (exact) mass is 539 g/mol. The van der Waals surface area contributed by atoms with Gasteiger partial charge in [0.05, 0.1) is 27.9 Å². The summed E-state index contributed by atoms with van der Waals surface area (Å²) in [5.41, 5.74) is 9.04. The average Bonchev–Trinajstić information content (AvgIpc) is 3.63. The summed E-state index contributed by atoms with van der Waals surface area (Å²) >= 11 is 0. The van der Waals surface area contributed by atoms with Gasteiger partial charge < -0.3 is 18.8 Å². The number of ether oxygens (including phenoxy) is 1. The van der Waals surface area contributed by atoms with Crippen LogP contribution in [0.5, 0.6) is 11.5 Å². The number of aromatic nitrogens is 2. The zero-order chi connectivity index (χ0) is 27.6. The van der Waals surface area contributed by atoms with Gasteiger partial charge in [-0.1, -0.05) is 66.7 Å². The molecule has 0 atom stereocenters. The van der Waals surface area contributed by atoms with Crippen molar-refractivity contribution in [3.8, 4) is 22.9 Å². The SMILES string of the molecule is c1ccc(-n2ccc3ccc4c(c5ccccc5n4-c4ccc(N5c6ccccc6Oc6ccccc65)cc4)c32)cc1. The molecular formula is C38H25N3O. The summed E-state index contributed by atoms with van der Waals surface area (Å²) in [5.74, 6) is 1.71. The van der Waals surface area contributed by atoms with Crippen molar-refractivity contribution in [3.63, 3.8) is 0 Å². The maximum atomic E-state index is 6.23. The molecule has 0 saturated heterocycles. The number of anilines is 3. The van der Waals surface area contributed by atoms with E-state index in [1.54, 1.807) is 0 Å². The fourth-order valence-electron chi connectivity index (χ4n) is 6.50. The first-order chi connectivity index (χ1) is 20.8. The van der Waals surface area contributed by atoms with Gasteiger partial charge in [-0.3, -0.25) is 0 Å². The van der Waals surface area contributed by atoms with E-state index in [1.807, 2.05) is 24.3 Å². The molecule has 8 aromatic rings. The third-order valence-corrected chi connectivity index (χ3v) is 8.32. The number of para-hydroxylation sites is 6. The Morgan fingerprint density at radius 1 is 0.452 bits per heavy atom. The molecule has 0 aliphatic carbocycles. The maximum Gasteiger partial charge on any atom is 0.151 e. The van der Waals surface area contributed by atoms with Crippen LogP contribution in [0.3, 0.4) is 0 Å². The molecule has 42 heavy (non-hydrogen) atoms. The van der Waals surface area contributed by atoms with E-state index in [9.17, 15) is 0 Å². The Hall–Kier alpha value is -5.74. The van der Waals surface area contributed by atoms with E-state index in [0.717, 1.165) is 39.9 Å². The predicted molar refractivity (Wildman–Crippen MR) is 172 cm³/mol. The fourth-order valence-corrected chi connectivity index (χ4v) is 6.50. The lowest BCUT2D eigenvalue weighted by molar-refractivity contribution is 0.477. The van der Waals surface area contributed by atoms with Gasteiger partial charge in [0.1, 0.15) is 0 Å². The van der Waals surface area contributed by atoms with Crippen LogP contribution in [-0.2, 0) is 0 Å². The predicted octanol–water partition coefficient (Wildman–Crippen LogP) is 10.3. The second-order valence-electron chi connectivity index (χ2n) is 10.7. The molecule has 0 fully saturated rings. The smallest absolute Gasteiger partial charge is 0.151 e. The van der Waals surface area contributed by atoms with E-state index in [2.05, 4.69) is 142 Å². The fraction of sp³-hybridized carbons (Fsp3) is 0. The van der Waals surface area contributed by atoms with Crippen molar-refractivity contribution in [2.75, 3.05) is 4.90 Å². The molecule has 0 radical (unpaired) electrons. The molecule has 0 amide bonds. The first-order valence-corrected chi connectivity index (χ1v) is 14.2. The molecule has 198 valence electrons. The van der Waals surface area contributed by atoms with E-state index in [4.69, 9.17) is 4.74 Å². The summed E-state index contributed by atoms with van der Waals surface area (Å²) in [4.78, 5) is 2.28. The number of benzene rings is 6. The van der Waals surface area contributed by atoms with Crippen LogP contribution in [0.15, 0.2) is 152 Å². The quantitative estimate of drug-likeness (QED) is 0.223. The number of hydrogen-bond donors (Lipinski definition) is 0. The van der Waals surface area contributed by atoms with Crippen LogP contribution in [0.25, 0.3) is 44.1 Å². The third-order valence-electron chi connectivity index (χ3n) is 8.32. The van der Waals surface area contributed by atoms with Crippen LogP contribution < -0.4 is 9.64 Å². The average molecular weight is 540 g/mol. The van der Waals surface area contributed by atoms with Gasteiger partial charge in [0.15, 0.2) is 11.5 Å². The van der Waals surface area contributed by atoms with Crippen LogP contribution in [-0.4, -0.2) is 9.13 Å². The zero-order valence-electron chi connectivity index (χ0n) is 22.7. The normalized spacial score (nSPS) is 12.4. The van der Waals surface area contributed by atoms with Gasteiger partial charge >= 0.3 is 0 Å². The molecule has 2 aromatic heterocycles. The topological polar surface area (TPSA) is 22.3 Å². The molecule has 4 heteroatoms. The Balaban J connectivity index is 1.25. The van der Waals surface area contributed by atoms with Crippen LogP contribution in [0, 0.1) is 0 Å². The summed E-state index contributed by atoms with van der Waals surface area (Å²) in [6.45, 7) is 0. The summed E-state index contributed by atoms with van der Waals surface area (Å²) in [7, 11) is 0. The Labute approximate surface area is 242 Å². The minimum absolute atomic E-state index is 0.855. The molecular weight excluding hydrogens is 514 g/mol. The van der Waals surface area contributed by atoms with E-state index in [1.165, 1.54) is 32.7 Å². The van der Waals surface area contributed by atoms with Crippen molar-refractivity contribution in [1.82, 2.24) is 9.13 Å². The second-order valence-corrected chi connectivity index (χ2v) is 10.7. The molecule has 0 N–H and O–H groups in total. The van der Waals surface area contributed by atoms with Gasteiger partial charge in [0.25, 0.3) is 0 Å². The lowest BCUT2D eigenvalue weighted by atomic mass is 10.1. The van der Waals surface area contributed by atoms with Crippen molar-refractivity contribution in [3.05, 3.63) is 152 Å². The highest BCUT2D eigenvalue weighted by Gasteiger charge is 2.25. The molecule has 3 heterocycles. The third kappa shape index (κ3) is 3.29. The second kappa shape index (κ2) is 8.88. The number of rotatable bonds is 3. The van der Waals surface area contributed by atoms with E-state index >= 15 is 0 Å². The molecule has 1 aliphatic rings. The highest BCUT2D eigenvalue weighted by Crippen LogP contribution is 2.50. The van der Waals surface area contributed by atoms with Gasteiger partial charge in [0, 0.05) is 39.4 Å². The molecule has 9 rings (SSSR count). The number of nitrogens with zero attached hydrogens (tertiary/aromatic N) is 3. The highest BCUT2D eigenvalue weighted by molar-refractivity contribution is 6.20. The standard InChI is InChI=1S/C38H25N3O/c1-2-10-27(11-3-1)39-25-24-26-18-23-34-37(38(26)39)30-12-4-5-13-31(30)40(34)28-19-21-29(22-20-28)41-32-14-6-8-16-35(32)42-36-17-9-7-15-33(36)41/h1-25H. The first kappa shape index (κ1) is 23.0. The summed E-state index contributed by atoms with van der Waals surface area (Å²) < 4.78 is 10.9. The summed E-state index contributed by atoms with van der Waals surface area (Å²) in [6.07, 6.45) is 2.18. The van der Waals surface area contributed by atoms with Gasteiger partial charge in [-0.2, -0.15) is 0 Å². The molecule has 0 saturated carbocycles. The minimum Gasteiger partial charge on any atom is -0.453 e. The summed E-state index contributed by atoms with van der Waals surface area (Å²) in [5, 5.41) is 3.74. The van der Waals surface area contributed by atoms with Crippen molar-refractivity contribution >= 4 is 49.8 Å². The Kier molecular flexibility index (Phi) is 4.87. The minimum atomic E-state index is 0.855. The van der Waals surface area contributed by atoms with Crippen LogP contribution in [0.1, 0.15) is 0 Å². The lowest BCUT2D eigenvalue weighted by Crippen LogP contribution is -2.15. The van der Waals surface area contributed by atoms with Crippen LogP contribution in [0.4, 0.5) is 17.1 Å². The van der Waals surface area contributed by atoms with Crippen LogP contribution in [0.2, 0.25) is 0 Å². The molecule has 0 bridgehead atoms. The zero-order valence-corrected chi connectivity index (χ0v) is 22.7. The molecule has 0 spiro atoms. The Morgan fingerprint density at radius 3 is 1.86 bits per heavy atom. The van der Waals surface area contributed by atoms with E-state index in [0.29, 0.717) is 0 Å². The Morgan fingerprint density at radius 2 is 1.10 bits per heavy atom. The van der Waals surface area contributed by atoms with E-state index < -0.39 is 0 Å². The number of fused-ring (bicyclic) bond motifs is 7.